The van der Waals surface area contributed by atoms with Gasteiger partial charge in [-0.3, -0.25) is 0 Å². The van der Waals surface area contributed by atoms with Crippen LogP contribution < -0.4 is 14.8 Å². The van der Waals surface area contributed by atoms with Crippen LogP contribution in [0.4, 0.5) is 8.78 Å². The van der Waals surface area contributed by atoms with E-state index in [9.17, 15) is 8.78 Å². The van der Waals surface area contributed by atoms with Gasteiger partial charge in [0.2, 0.25) is 0 Å². The number of nitrogens with one attached hydrogen (secondary N) is 1. The molecule has 0 fully saturated rings. The average molecular weight is 432 g/mol. The molecular weight excluding hydrogens is 408 g/mol. The lowest BCUT2D eigenvalue weighted by molar-refractivity contribution is -0.0823. The number of rotatable bonds is 10. The topological polar surface area (TPSA) is 39.7 Å². The molecule has 2 aromatic carbocycles. The molecule has 0 bridgehead atoms. The van der Waals surface area contributed by atoms with Crippen molar-refractivity contribution in [1.82, 2.24) is 5.32 Å². The van der Waals surface area contributed by atoms with Gasteiger partial charge in [0.05, 0.1) is 12.7 Å². The predicted molar refractivity (Wildman–Crippen MR) is 118 cm³/mol. The zero-order valence-corrected chi connectivity index (χ0v) is 17.6. The standard InChI is InChI=1S/C23H23F2NO3S/c1-4-13-28-20-10-7-17(14-21(20)27-3)11-12-26-22(30)19(15-29-23(24)25)18-8-5-16(2)6-9-18/h1,5-10,14-15,23H,11-13H2,2-3H3,(H,26,30). The fourth-order valence-electron chi connectivity index (χ4n) is 2.63. The number of hydrogen-bond acceptors (Lipinski definition) is 4. The summed E-state index contributed by atoms with van der Waals surface area (Å²) in [7, 11) is 1.55. The van der Waals surface area contributed by atoms with Crippen molar-refractivity contribution in [1.29, 1.82) is 0 Å². The highest BCUT2D eigenvalue weighted by Crippen LogP contribution is 2.28. The van der Waals surface area contributed by atoms with Crippen LogP contribution in [-0.2, 0) is 11.2 Å². The first-order valence-corrected chi connectivity index (χ1v) is 9.57. The summed E-state index contributed by atoms with van der Waals surface area (Å²) in [6.45, 7) is -0.336. The van der Waals surface area contributed by atoms with Crippen molar-refractivity contribution in [2.75, 3.05) is 20.3 Å². The maximum atomic E-state index is 12.5. The number of hydrogen-bond donors (Lipinski definition) is 1. The molecule has 30 heavy (non-hydrogen) atoms. The highest BCUT2D eigenvalue weighted by atomic mass is 32.1. The van der Waals surface area contributed by atoms with Gasteiger partial charge in [0.15, 0.2) is 11.5 Å². The largest absolute Gasteiger partial charge is 0.493 e. The first kappa shape index (κ1) is 23.2. The molecule has 0 saturated heterocycles. The fraction of sp³-hybridized carbons (Fsp3) is 0.261. The molecule has 4 nitrogen and oxygen atoms in total. The Bertz CT molecular complexity index is 921. The number of terminal acetylenes is 1. The third-order valence-electron chi connectivity index (χ3n) is 4.13. The van der Waals surface area contributed by atoms with Gasteiger partial charge in [-0.25, -0.2) is 0 Å². The van der Waals surface area contributed by atoms with Crippen molar-refractivity contribution in [2.24, 2.45) is 0 Å². The summed E-state index contributed by atoms with van der Waals surface area (Å²) >= 11 is 5.41. The van der Waals surface area contributed by atoms with Crippen molar-refractivity contribution < 1.29 is 23.0 Å². The minimum absolute atomic E-state index is 0.153. The molecule has 0 aliphatic rings. The Kier molecular flexibility index (Phi) is 9.10. The minimum atomic E-state index is -2.92. The molecule has 0 amide bonds. The van der Waals surface area contributed by atoms with Gasteiger partial charge in [0.25, 0.3) is 0 Å². The monoisotopic (exact) mass is 431 g/mol. The van der Waals surface area contributed by atoms with Gasteiger partial charge in [-0.2, -0.15) is 8.78 Å². The molecule has 7 heteroatoms. The maximum Gasteiger partial charge on any atom is 0.386 e. The van der Waals surface area contributed by atoms with Crippen molar-refractivity contribution in [3.8, 4) is 23.8 Å². The highest BCUT2D eigenvalue weighted by molar-refractivity contribution is 7.81. The molecule has 0 radical (unpaired) electrons. The van der Waals surface area contributed by atoms with E-state index < -0.39 is 6.61 Å². The molecule has 0 heterocycles. The third-order valence-corrected chi connectivity index (χ3v) is 4.50. The number of methoxy groups -OCH3 is 1. The molecule has 0 unspecified atom stereocenters. The van der Waals surface area contributed by atoms with Crippen LogP contribution >= 0.6 is 12.2 Å². The van der Waals surface area contributed by atoms with E-state index in [0.717, 1.165) is 17.4 Å². The lowest BCUT2D eigenvalue weighted by Crippen LogP contribution is -2.25. The molecular formula is C23H23F2NO3S. The first-order chi connectivity index (χ1) is 14.4. The summed E-state index contributed by atoms with van der Waals surface area (Å²) in [5.41, 5.74) is 3.12. The van der Waals surface area contributed by atoms with Crippen LogP contribution in [0.2, 0.25) is 0 Å². The Morgan fingerprint density at radius 3 is 2.57 bits per heavy atom. The van der Waals surface area contributed by atoms with Gasteiger partial charge in [-0.15, -0.1) is 6.42 Å². The molecule has 0 atom stereocenters. The number of ether oxygens (including phenoxy) is 3. The van der Waals surface area contributed by atoms with Crippen LogP contribution in [0.3, 0.4) is 0 Å². The number of halogens is 2. The van der Waals surface area contributed by atoms with Gasteiger partial charge in [-0.05, 0) is 36.6 Å². The Morgan fingerprint density at radius 1 is 1.20 bits per heavy atom. The lowest BCUT2D eigenvalue weighted by atomic mass is 10.1. The van der Waals surface area contributed by atoms with E-state index in [-0.39, 0.29) is 6.61 Å². The zero-order chi connectivity index (χ0) is 21.9. The Labute approximate surface area is 180 Å². The molecule has 1 N–H and O–H groups in total. The van der Waals surface area contributed by atoms with Gasteiger partial charge >= 0.3 is 6.61 Å². The average Bonchev–Trinajstić information content (AvgIpc) is 2.73. The molecule has 2 aromatic rings. The van der Waals surface area contributed by atoms with E-state index >= 15 is 0 Å². The maximum absolute atomic E-state index is 12.5. The molecule has 0 aliphatic carbocycles. The molecule has 0 spiro atoms. The second-order valence-corrected chi connectivity index (χ2v) is 6.69. The molecule has 2 rings (SSSR count). The summed E-state index contributed by atoms with van der Waals surface area (Å²) in [5.74, 6) is 3.55. The van der Waals surface area contributed by atoms with E-state index in [1.807, 2.05) is 43.3 Å². The van der Waals surface area contributed by atoms with Crippen molar-refractivity contribution >= 4 is 22.8 Å². The number of thiocarbonyl (C=S) groups is 1. The normalized spacial score (nSPS) is 11.0. The van der Waals surface area contributed by atoms with Crippen molar-refractivity contribution in [2.45, 2.75) is 20.0 Å². The van der Waals surface area contributed by atoms with Crippen LogP contribution in [0, 0.1) is 19.3 Å². The Hall–Kier alpha value is -3.11. The van der Waals surface area contributed by atoms with E-state index in [2.05, 4.69) is 16.0 Å². The van der Waals surface area contributed by atoms with Gasteiger partial charge in [0.1, 0.15) is 17.9 Å². The predicted octanol–water partition coefficient (Wildman–Crippen LogP) is 4.76. The lowest BCUT2D eigenvalue weighted by Gasteiger charge is -2.14. The van der Waals surface area contributed by atoms with Crippen LogP contribution in [0.25, 0.3) is 5.57 Å². The second-order valence-electron chi connectivity index (χ2n) is 6.28. The van der Waals surface area contributed by atoms with Gasteiger partial charge in [0, 0.05) is 6.54 Å². The van der Waals surface area contributed by atoms with Crippen molar-refractivity contribution in [3.05, 3.63) is 65.4 Å². The van der Waals surface area contributed by atoms with E-state index in [1.54, 1.807) is 13.2 Å². The summed E-state index contributed by atoms with van der Waals surface area (Å²) < 4.78 is 40.2. The summed E-state index contributed by atoms with van der Waals surface area (Å²) in [4.78, 5) is 0.320. The Morgan fingerprint density at radius 2 is 1.93 bits per heavy atom. The van der Waals surface area contributed by atoms with Gasteiger partial charge in [-0.1, -0.05) is 54.0 Å². The molecule has 0 aliphatic heterocycles. The zero-order valence-electron chi connectivity index (χ0n) is 16.8. The van der Waals surface area contributed by atoms with E-state index in [1.165, 1.54) is 0 Å². The number of benzene rings is 2. The minimum Gasteiger partial charge on any atom is -0.493 e. The third kappa shape index (κ3) is 7.05. The van der Waals surface area contributed by atoms with Crippen LogP contribution in [0.15, 0.2) is 48.7 Å². The SMILES string of the molecule is C#CCOc1ccc(CCNC(=S)C(=COC(F)F)c2ccc(C)cc2)cc1OC. The molecule has 0 saturated carbocycles. The quantitative estimate of drug-likeness (QED) is 0.254. The Balaban J connectivity index is 2.04. The molecule has 158 valence electrons. The van der Waals surface area contributed by atoms with Crippen molar-refractivity contribution in [3.63, 3.8) is 0 Å². The first-order valence-electron chi connectivity index (χ1n) is 9.16. The van der Waals surface area contributed by atoms with E-state index in [0.29, 0.717) is 40.6 Å². The fourth-order valence-corrected chi connectivity index (χ4v) is 2.90. The van der Waals surface area contributed by atoms with Crippen LogP contribution in [0.5, 0.6) is 11.5 Å². The highest BCUT2D eigenvalue weighted by Gasteiger charge is 2.11. The summed E-state index contributed by atoms with van der Waals surface area (Å²) in [5, 5.41) is 3.09. The van der Waals surface area contributed by atoms with Crippen LogP contribution in [-0.4, -0.2) is 31.9 Å². The number of aryl methyl sites for hydroxylation is 1. The summed E-state index contributed by atoms with van der Waals surface area (Å²) in [6.07, 6.45) is 6.83. The van der Waals surface area contributed by atoms with Crippen LogP contribution in [0.1, 0.15) is 16.7 Å². The van der Waals surface area contributed by atoms with E-state index in [4.69, 9.17) is 28.1 Å². The van der Waals surface area contributed by atoms with Gasteiger partial charge < -0.3 is 19.5 Å². The number of alkyl halides is 2. The smallest absolute Gasteiger partial charge is 0.386 e. The summed E-state index contributed by atoms with van der Waals surface area (Å²) in [6, 6.07) is 12.9. The molecule has 0 aromatic heterocycles. The second kappa shape index (κ2) is 11.8.